The number of pyridine rings is 1. The summed E-state index contributed by atoms with van der Waals surface area (Å²) in [7, 11) is 0. The fourth-order valence-corrected chi connectivity index (χ4v) is 2.98. The molecule has 1 aliphatic carbocycles. The minimum Gasteiger partial charge on any atom is -0.388 e. The molecule has 0 bridgehead atoms. The molecular formula is C15H23N3S. The average molecular weight is 277 g/mol. The maximum atomic E-state index is 5.61. The summed E-state index contributed by atoms with van der Waals surface area (Å²) in [5.74, 6) is 1.82. The van der Waals surface area contributed by atoms with Crippen LogP contribution in [0, 0.1) is 5.92 Å². The van der Waals surface area contributed by atoms with E-state index in [1.807, 2.05) is 18.2 Å². The van der Waals surface area contributed by atoms with Crippen LogP contribution in [0.2, 0.25) is 0 Å². The Morgan fingerprint density at radius 3 is 2.74 bits per heavy atom. The molecule has 104 valence electrons. The van der Waals surface area contributed by atoms with Crippen LogP contribution in [0.25, 0.3) is 0 Å². The monoisotopic (exact) mass is 277 g/mol. The van der Waals surface area contributed by atoms with E-state index in [0.29, 0.717) is 16.7 Å². The van der Waals surface area contributed by atoms with Crippen LogP contribution >= 0.6 is 12.2 Å². The van der Waals surface area contributed by atoms with Crippen molar-refractivity contribution in [2.24, 2.45) is 11.7 Å². The summed E-state index contributed by atoms with van der Waals surface area (Å²) in [6, 6.07) is 6.33. The second kappa shape index (κ2) is 6.85. The third-order valence-electron chi connectivity index (χ3n) is 3.90. The normalized spacial score (nSPS) is 23.0. The van der Waals surface area contributed by atoms with Gasteiger partial charge in [0, 0.05) is 6.04 Å². The zero-order chi connectivity index (χ0) is 13.7. The van der Waals surface area contributed by atoms with E-state index in [4.69, 9.17) is 18.0 Å². The lowest BCUT2D eigenvalue weighted by atomic mass is 9.83. The standard InChI is InChI=1S/C15H23N3S/c1-2-4-11-7-9-12(10-8-11)17-14-6-3-5-13(18-14)15(16)19/h3,5-6,11-12H,2,4,7-10H2,1H3,(H2,16,19)(H,17,18). The third-order valence-corrected chi connectivity index (χ3v) is 4.11. The quantitative estimate of drug-likeness (QED) is 0.809. The molecule has 3 N–H and O–H groups in total. The average Bonchev–Trinajstić information content (AvgIpc) is 2.42. The number of nitrogens with one attached hydrogen (secondary N) is 1. The molecule has 0 atom stereocenters. The van der Waals surface area contributed by atoms with Gasteiger partial charge in [-0.2, -0.15) is 0 Å². The first-order valence-corrected chi connectivity index (χ1v) is 7.63. The highest BCUT2D eigenvalue weighted by Gasteiger charge is 2.20. The van der Waals surface area contributed by atoms with E-state index in [2.05, 4.69) is 17.2 Å². The Bertz CT molecular complexity index is 425. The second-order valence-electron chi connectivity index (χ2n) is 5.42. The molecule has 1 saturated carbocycles. The van der Waals surface area contributed by atoms with Gasteiger partial charge in [-0.1, -0.05) is 38.0 Å². The van der Waals surface area contributed by atoms with Crippen molar-refractivity contribution in [3.63, 3.8) is 0 Å². The SMILES string of the molecule is CCCC1CCC(Nc2cccc(C(N)=S)n2)CC1. The molecule has 2 rings (SSSR count). The summed E-state index contributed by atoms with van der Waals surface area (Å²) in [6.45, 7) is 2.27. The lowest BCUT2D eigenvalue weighted by molar-refractivity contribution is 0.318. The highest BCUT2D eigenvalue weighted by atomic mass is 32.1. The molecule has 0 unspecified atom stereocenters. The molecule has 4 heteroatoms. The van der Waals surface area contributed by atoms with Crippen molar-refractivity contribution in [2.45, 2.75) is 51.5 Å². The van der Waals surface area contributed by atoms with E-state index in [9.17, 15) is 0 Å². The number of nitrogens with zero attached hydrogens (tertiary/aromatic N) is 1. The summed E-state index contributed by atoms with van der Waals surface area (Å²) in [4.78, 5) is 4.80. The van der Waals surface area contributed by atoms with Gasteiger partial charge >= 0.3 is 0 Å². The number of thiocarbonyl (C=S) groups is 1. The molecule has 0 aliphatic heterocycles. The molecule has 1 aliphatic rings. The summed E-state index contributed by atoms with van der Waals surface area (Å²) < 4.78 is 0. The van der Waals surface area contributed by atoms with Crippen molar-refractivity contribution >= 4 is 23.0 Å². The van der Waals surface area contributed by atoms with Crippen molar-refractivity contribution < 1.29 is 0 Å². The lowest BCUT2D eigenvalue weighted by Crippen LogP contribution is -2.26. The number of hydrogen-bond donors (Lipinski definition) is 2. The van der Waals surface area contributed by atoms with Crippen molar-refractivity contribution in [3.05, 3.63) is 23.9 Å². The number of nitrogens with two attached hydrogens (primary N) is 1. The molecule has 0 radical (unpaired) electrons. The predicted molar refractivity (Wildman–Crippen MR) is 84.4 cm³/mol. The van der Waals surface area contributed by atoms with Crippen molar-refractivity contribution in [2.75, 3.05) is 5.32 Å². The Balaban J connectivity index is 1.88. The van der Waals surface area contributed by atoms with Crippen LogP contribution in [0.3, 0.4) is 0 Å². The lowest BCUT2D eigenvalue weighted by Gasteiger charge is -2.29. The van der Waals surface area contributed by atoms with E-state index in [1.54, 1.807) is 0 Å². The zero-order valence-corrected chi connectivity index (χ0v) is 12.4. The minimum absolute atomic E-state index is 0.357. The molecule has 0 amide bonds. The number of rotatable bonds is 5. The Labute approximate surface area is 121 Å². The first-order chi connectivity index (χ1) is 9.19. The Morgan fingerprint density at radius 2 is 2.11 bits per heavy atom. The maximum Gasteiger partial charge on any atom is 0.126 e. The van der Waals surface area contributed by atoms with Crippen LogP contribution in [0.15, 0.2) is 18.2 Å². The number of anilines is 1. The van der Waals surface area contributed by atoms with Gasteiger partial charge in [0.2, 0.25) is 0 Å². The third kappa shape index (κ3) is 4.16. The summed E-state index contributed by atoms with van der Waals surface area (Å²) in [5.41, 5.74) is 6.30. The molecule has 1 aromatic rings. The fourth-order valence-electron chi connectivity index (χ4n) is 2.87. The molecule has 0 saturated heterocycles. The Hall–Kier alpha value is -1.16. The zero-order valence-electron chi connectivity index (χ0n) is 11.6. The molecule has 3 nitrogen and oxygen atoms in total. The van der Waals surface area contributed by atoms with Gasteiger partial charge in [-0.25, -0.2) is 4.98 Å². The number of hydrogen-bond acceptors (Lipinski definition) is 3. The van der Waals surface area contributed by atoms with Crippen LogP contribution in [-0.4, -0.2) is 16.0 Å². The van der Waals surface area contributed by atoms with Crippen LogP contribution < -0.4 is 11.1 Å². The summed E-state index contributed by atoms with van der Waals surface area (Å²) in [6.07, 6.45) is 7.83. The van der Waals surface area contributed by atoms with Crippen LogP contribution in [0.4, 0.5) is 5.82 Å². The van der Waals surface area contributed by atoms with Gasteiger partial charge in [0.15, 0.2) is 0 Å². The fraction of sp³-hybridized carbons (Fsp3) is 0.600. The van der Waals surface area contributed by atoms with E-state index < -0.39 is 0 Å². The topological polar surface area (TPSA) is 50.9 Å². The Morgan fingerprint density at radius 1 is 1.37 bits per heavy atom. The molecule has 1 aromatic heterocycles. The van der Waals surface area contributed by atoms with Crippen LogP contribution in [0.5, 0.6) is 0 Å². The van der Waals surface area contributed by atoms with E-state index >= 15 is 0 Å². The molecule has 0 aromatic carbocycles. The van der Waals surface area contributed by atoms with Crippen LogP contribution in [0.1, 0.15) is 51.1 Å². The van der Waals surface area contributed by atoms with Crippen LogP contribution in [-0.2, 0) is 0 Å². The second-order valence-corrected chi connectivity index (χ2v) is 5.86. The first kappa shape index (κ1) is 14.3. The molecule has 1 heterocycles. The smallest absolute Gasteiger partial charge is 0.126 e. The first-order valence-electron chi connectivity index (χ1n) is 7.22. The van der Waals surface area contributed by atoms with Crippen molar-refractivity contribution in [3.8, 4) is 0 Å². The predicted octanol–water partition coefficient (Wildman–Crippen LogP) is 3.49. The van der Waals surface area contributed by atoms with Gasteiger partial charge in [0.25, 0.3) is 0 Å². The molecular weight excluding hydrogens is 254 g/mol. The largest absolute Gasteiger partial charge is 0.388 e. The van der Waals surface area contributed by atoms with Gasteiger partial charge in [-0.05, 0) is 43.7 Å². The van der Waals surface area contributed by atoms with Gasteiger partial charge in [0.1, 0.15) is 10.8 Å². The van der Waals surface area contributed by atoms with Crippen molar-refractivity contribution in [1.82, 2.24) is 4.98 Å². The molecule has 1 fully saturated rings. The van der Waals surface area contributed by atoms with Crippen molar-refractivity contribution in [1.29, 1.82) is 0 Å². The highest BCUT2D eigenvalue weighted by molar-refractivity contribution is 7.80. The van der Waals surface area contributed by atoms with Gasteiger partial charge in [-0.15, -0.1) is 0 Å². The van der Waals surface area contributed by atoms with E-state index in [1.165, 1.54) is 38.5 Å². The molecule has 0 spiro atoms. The number of aromatic nitrogens is 1. The minimum atomic E-state index is 0.357. The summed E-state index contributed by atoms with van der Waals surface area (Å²) in [5, 5.41) is 3.51. The Kier molecular flexibility index (Phi) is 5.14. The van der Waals surface area contributed by atoms with Gasteiger partial charge < -0.3 is 11.1 Å². The summed E-state index contributed by atoms with van der Waals surface area (Å²) >= 11 is 4.96. The van der Waals surface area contributed by atoms with E-state index in [0.717, 1.165) is 11.7 Å². The maximum absolute atomic E-state index is 5.61. The highest BCUT2D eigenvalue weighted by Crippen LogP contribution is 2.29. The van der Waals surface area contributed by atoms with Gasteiger partial charge in [0.05, 0.1) is 5.69 Å². The van der Waals surface area contributed by atoms with Gasteiger partial charge in [-0.3, -0.25) is 0 Å². The molecule has 19 heavy (non-hydrogen) atoms. The van der Waals surface area contributed by atoms with E-state index in [-0.39, 0.29) is 0 Å².